The van der Waals surface area contributed by atoms with Crippen LogP contribution < -0.4 is 5.32 Å². The molecule has 8 heavy (non-hydrogen) atoms. The lowest BCUT2D eigenvalue weighted by Crippen LogP contribution is -2.10. The molecule has 1 heterocycles. The molecule has 0 saturated carbocycles. The van der Waals surface area contributed by atoms with E-state index in [1.165, 1.54) is 0 Å². The molecule has 5 nitrogen and oxygen atoms in total. The molecule has 0 aromatic carbocycles. The van der Waals surface area contributed by atoms with Gasteiger partial charge in [0, 0.05) is 0 Å². The summed E-state index contributed by atoms with van der Waals surface area (Å²) in [6, 6.07) is 0. The Morgan fingerprint density at radius 3 is 3.00 bits per heavy atom. The molecule has 1 rings (SSSR count). The molecule has 0 unspecified atom stereocenters. The van der Waals surface area contributed by atoms with Crippen LogP contribution in [0.1, 0.15) is 0 Å². The van der Waals surface area contributed by atoms with E-state index in [1.54, 1.807) is 0 Å². The fraction of sp³-hybridized carbons (Fsp3) is 0. The molecular weight excluding hydrogens is 112 g/mol. The number of rotatable bonds is 1. The summed E-state index contributed by atoms with van der Waals surface area (Å²) in [7, 11) is 0. The average molecular weight is 114 g/mol. The number of hydrogen-bond donors (Lipinski definition) is 1. The molecule has 0 aromatic heterocycles. The first kappa shape index (κ1) is 4.89. The second kappa shape index (κ2) is 1.69. The van der Waals surface area contributed by atoms with Crippen molar-refractivity contribution in [3.05, 3.63) is 28.9 Å². The van der Waals surface area contributed by atoms with Crippen LogP contribution in [0.2, 0.25) is 0 Å². The summed E-state index contributed by atoms with van der Waals surface area (Å²) in [6.07, 6.45) is 0.972. The first-order valence-corrected chi connectivity index (χ1v) is 1.82. The van der Waals surface area contributed by atoms with Crippen LogP contribution in [-0.4, -0.2) is 4.92 Å². The highest BCUT2D eigenvalue weighted by Gasteiger charge is 2.16. The van der Waals surface area contributed by atoms with E-state index in [0.717, 1.165) is 6.26 Å². The summed E-state index contributed by atoms with van der Waals surface area (Å²) in [4.78, 5) is 9.16. The largest absolute Gasteiger partial charge is 0.435 e. The molecule has 0 spiro atoms. The lowest BCUT2D eigenvalue weighted by molar-refractivity contribution is -0.430. The van der Waals surface area contributed by atoms with Crippen molar-refractivity contribution < 1.29 is 9.66 Å². The fourth-order valence-corrected chi connectivity index (χ4v) is 0.285. The Kier molecular flexibility index (Phi) is 1.03. The number of ether oxygens (including phenoxy) is 1. The third-order valence-corrected chi connectivity index (χ3v) is 0.605. The van der Waals surface area contributed by atoms with E-state index in [1.807, 2.05) is 0 Å². The molecule has 0 fully saturated rings. The van der Waals surface area contributed by atoms with Crippen molar-refractivity contribution in [1.82, 2.24) is 5.32 Å². The van der Waals surface area contributed by atoms with Crippen LogP contribution in [-0.2, 0) is 4.74 Å². The van der Waals surface area contributed by atoms with Crippen molar-refractivity contribution in [2.75, 3.05) is 0 Å². The van der Waals surface area contributed by atoms with Crippen molar-refractivity contribution in [1.29, 1.82) is 0 Å². The highest BCUT2D eigenvalue weighted by molar-refractivity contribution is 4.90. The zero-order chi connectivity index (χ0) is 5.98. The molecule has 42 valence electrons. The maximum absolute atomic E-state index is 9.76. The van der Waals surface area contributed by atoms with Crippen molar-refractivity contribution in [2.45, 2.75) is 0 Å². The molecule has 0 saturated heterocycles. The van der Waals surface area contributed by atoms with Gasteiger partial charge in [0.1, 0.15) is 0 Å². The summed E-state index contributed by atoms with van der Waals surface area (Å²) < 4.78 is 4.25. The minimum Gasteiger partial charge on any atom is -0.435 e. The van der Waals surface area contributed by atoms with Crippen LogP contribution in [0.3, 0.4) is 0 Å². The van der Waals surface area contributed by atoms with Gasteiger partial charge in [0.15, 0.2) is 6.26 Å². The lowest BCUT2D eigenvalue weighted by Gasteiger charge is -1.87. The predicted molar refractivity (Wildman–Crippen MR) is 22.5 cm³/mol. The van der Waals surface area contributed by atoms with Gasteiger partial charge in [-0.3, -0.25) is 0 Å². The van der Waals surface area contributed by atoms with Crippen LogP contribution >= 0.6 is 0 Å². The third-order valence-electron chi connectivity index (χ3n) is 0.605. The van der Waals surface area contributed by atoms with Gasteiger partial charge in [0.05, 0.1) is 0 Å². The molecule has 0 bridgehead atoms. The summed E-state index contributed by atoms with van der Waals surface area (Å²) in [5, 5.41) is 11.9. The fourth-order valence-electron chi connectivity index (χ4n) is 0.285. The Balaban J connectivity index is 2.57. The Morgan fingerprint density at radius 1 is 2.00 bits per heavy atom. The Morgan fingerprint density at radius 2 is 2.75 bits per heavy atom. The third kappa shape index (κ3) is 0.699. The molecule has 0 aromatic rings. The molecule has 5 heteroatoms. The number of nitrogens with zero attached hydrogens (tertiary/aromatic N) is 1. The average Bonchev–Trinajstić information content (AvgIpc) is 2.12. The molecule has 0 amide bonds. The molecule has 0 atom stereocenters. The molecule has 1 aliphatic heterocycles. The van der Waals surface area contributed by atoms with Gasteiger partial charge >= 0.3 is 12.6 Å². The van der Waals surface area contributed by atoms with Crippen LogP contribution in [0.5, 0.6) is 0 Å². The molecule has 0 aliphatic carbocycles. The smallest absolute Gasteiger partial charge is 0.430 e. The van der Waals surface area contributed by atoms with Crippen molar-refractivity contribution in [2.24, 2.45) is 0 Å². The van der Waals surface area contributed by atoms with Gasteiger partial charge in [-0.1, -0.05) is 0 Å². The zero-order valence-electron chi connectivity index (χ0n) is 3.75. The highest BCUT2D eigenvalue weighted by atomic mass is 16.6. The highest BCUT2D eigenvalue weighted by Crippen LogP contribution is 1.99. The standard InChI is InChI=1S/C3H2N2O3/c6-5(7)3-1-8-2-4-3/h1,4H. The topological polar surface area (TPSA) is 64.4 Å². The molecular formula is C3H2N2O3. The Hall–Kier alpha value is -1.26. The maximum atomic E-state index is 9.76. The zero-order valence-corrected chi connectivity index (χ0v) is 3.75. The van der Waals surface area contributed by atoms with Crippen molar-refractivity contribution >= 4 is 0 Å². The van der Waals surface area contributed by atoms with E-state index in [-0.39, 0.29) is 5.82 Å². The normalized spacial score (nSPS) is 16.2. The molecule has 1 aliphatic rings. The van der Waals surface area contributed by atoms with Gasteiger partial charge < -0.3 is 14.9 Å². The van der Waals surface area contributed by atoms with Gasteiger partial charge in [-0.05, 0) is 4.92 Å². The second-order valence-electron chi connectivity index (χ2n) is 1.11. The van der Waals surface area contributed by atoms with Gasteiger partial charge in [0.2, 0.25) is 0 Å². The summed E-state index contributed by atoms with van der Waals surface area (Å²) in [5.74, 6) is -0.190. The first-order valence-electron chi connectivity index (χ1n) is 1.82. The van der Waals surface area contributed by atoms with Gasteiger partial charge in [0.25, 0.3) is 0 Å². The predicted octanol–water partition coefficient (Wildman–Crippen LogP) is -0.322. The van der Waals surface area contributed by atoms with E-state index in [4.69, 9.17) is 0 Å². The van der Waals surface area contributed by atoms with E-state index in [2.05, 4.69) is 16.8 Å². The monoisotopic (exact) mass is 114 g/mol. The van der Waals surface area contributed by atoms with Crippen LogP contribution in [0.25, 0.3) is 0 Å². The van der Waals surface area contributed by atoms with Gasteiger partial charge in [-0.2, -0.15) is 0 Å². The SMILES string of the molecule is O=[N+]([O-])C1=CO[C]N1. The number of hydrogen-bond acceptors (Lipinski definition) is 4. The lowest BCUT2D eigenvalue weighted by atomic mass is 10.8. The van der Waals surface area contributed by atoms with Crippen molar-refractivity contribution in [3.63, 3.8) is 0 Å². The van der Waals surface area contributed by atoms with E-state index in [0.29, 0.717) is 0 Å². The second-order valence-corrected chi connectivity index (χ2v) is 1.11. The van der Waals surface area contributed by atoms with Crippen molar-refractivity contribution in [3.8, 4) is 0 Å². The molecule has 1 N–H and O–H groups in total. The first-order chi connectivity index (χ1) is 3.80. The molecule has 2 radical (unpaired) electrons. The summed E-state index contributed by atoms with van der Waals surface area (Å²) in [6.45, 7) is 2.07. The van der Waals surface area contributed by atoms with Gasteiger partial charge in [-0.15, -0.1) is 0 Å². The summed E-state index contributed by atoms with van der Waals surface area (Å²) in [5.41, 5.74) is 0. The number of nitrogens with one attached hydrogen (secondary N) is 1. The maximum Gasteiger partial charge on any atom is 0.430 e. The van der Waals surface area contributed by atoms with Gasteiger partial charge in [-0.25, -0.2) is 5.32 Å². The number of nitro groups is 1. The summed E-state index contributed by atoms with van der Waals surface area (Å²) >= 11 is 0. The van der Waals surface area contributed by atoms with Crippen LogP contribution in [0.15, 0.2) is 12.1 Å². The minimum atomic E-state index is -0.597. The van der Waals surface area contributed by atoms with Crippen LogP contribution in [0.4, 0.5) is 0 Å². The van der Waals surface area contributed by atoms with E-state index >= 15 is 0 Å². The quantitative estimate of drug-likeness (QED) is 0.374. The van der Waals surface area contributed by atoms with E-state index < -0.39 is 4.92 Å². The van der Waals surface area contributed by atoms with Crippen LogP contribution in [0, 0.1) is 16.8 Å². The Labute approximate surface area is 45.1 Å². The van der Waals surface area contributed by atoms with E-state index in [9.17, 15) is 10.1 Å². The Bertz CT molecular complexity index is 141. The minimum absolute atomic E-state index is 0.190.